The standard InChI is InChI=1S/C11H18N4O2/c16-8-3-10-1-5-14(9-10)11(17)2-6-15-7-4-12-13-15/h4,7,10,16H,1-3,5-6,8-9H2. The lowest BCUT2D eigenvalue weighted by Crippen LogP contribution is -2.29. The Morgan fingerprint density at radius 1 is 1.53 bits per heavy atom. The number of hydrogen-bond donors (Lipinski definition) is 1. The molecule has 1 aliphatic rings. The Morgan fingerprint density at radius 2 is 2.41 bits per heavy atom. The van der Waals surface area contributed by atoms with Gasteiger partial charge in [-0.1, -0.05) is 5.21 Å². The van der Waals surface area contributed by atoms with Gasteiger partial charge in [-0.05, 0) is 18.8 Å². The molecule has 2 rings (SSSR count). The normalized spacial score (nSPS) is 19.8. The number of amides is 1. The van der Waals surface area contributed by atoms with E-state index in [0.717, 1.165) is 25.9 Å². The highest BCUT2D eigenvalue weighted by Gasteiger charge is 2.25. The maximum absolute atomic E-state index is 11.9. The third kappa shape index (κ3) is 3.26. The Morgan fingerprint density at radius 3 is 3.12 bits per heavy atom. The molecule has 1 saturated heterocycles. The summed E-state index contributed by atoms with van der Waals surface area (Å²) in [6.45, 7) is 2.41. The minimum atomic E-state index is 0.168. The molecule has 1 aliphatic heterocycles. The fraction of sp³-hybridized carbons (Fsp3) is 0.727. The van der Waals surface area contributed by atoms with Crippen LogP contribution in [0, 0.1) is 5.92 Å². The number of carbonyl (C=O) groups excluding carboxylic acids is 1. The first-order chi connectivity index (χ1) is 8.29. The van der Waals surface area contributed by atoms with Crippen LogP contribution in [-0.4, -0.2) is 50.6 Å². The molecule has 1 N–H and O–H groups in total. The third-order valence-electron chi connectivity index (χ3n) is 3.20. The molecular formula is C11H18N4O2. The van der Waals surface area contributed by atoms with Gasteiger partial charge in [-0.15, -0.1) is 5.10 Å². The van der Waals surface area contributed by atoms with Crippen LogP contribution in [0.25, 0.3) is 0 Å². The van der Waals surface area contributed by atoms with E-state index in [1.165, 1.54) is 0 Å². The van der Waals surface area contributed by atoms with Crippen molar-refractivity contribution in [3.63, 3.8) is 0 Å². The maximum atomic E-state index is 11.9. The SMILES string of the molecule is O=C(CCn1ccnn1)N1CCC(CCO)C1. The summed E-state index contributed by atoms with van der Waals surface area (Å²) in [6.07, 6.45) is 5.64. The number of aliphatic hydroxyl groups excluding tert-OH is 1. The van der Waals surface area contributed by atoms with Gasteiger partial charge in [-0.3, -0.25) is 9.48 Å². The first-order valence-electron chi connectivity index (χ1n) is 6.02. The van der Waals surface area contributed by atoms with Crippen molar-refractivity contribution in [3.05, 3.63) is 12.4 Å². The molecule has 0 radical (unpaired) electrons. The van der Waals surface area contributed by atoms with Gasteiger partial charge in [-0.2, -0.15) is 0 Å². The zero-order valence-electron chi connectivity index (χ0n) is 9.83. The van der Waals surface area contributed by atoms with E-state index in [-0.39, 0.29) is 12.5 Å². The summed E-state index contributed by atoms with van der Waals surface area (Å²) >= 11 is 0. The Labute approximate surface area is 100 Å². The van der Waals surface area contributed by atoms with Gasteiger partial charge >= 0.3 is 0 Å². The number of aryl methyl sites for hydroxylation is 1. The molecule has 6 heteroatoms. The van der Waals surface area contributed by atoms with E-state index in [1.807, 2.05) is 4.90 Å². The van der Waals surface area contributed by atoms with Crippen molar-refractivity contribution in [2.45, 2.75) is 25.8 Å². The Hall–Kier alpha value is -1.43. The van der Waals surface area contributed by atoms with Crippen molar-refractivity contribution in [1.29, 1.82) is 0 Å². The van der Waals surface area contributed by atoms with Crippen molar-refractivity contribution in [1.82, 2.24) is 19.9 Å². The number of likely N-dealkylation sites (tertiary alicyclic amines) is 1. The molecule has 94 valence electrons. The highest BCUT2D eigenvalue weighted by Crippen LogP contribution is 2.19. The van der Waals surface area contributed by atoms with Crippen LogP contribution in [0.15, 0.2) is 12.4 Å². The van der Waals surface area contributed by atoms with Crippen LogP contribution >= 0.6 is 0 Å². The van der Waals surface area contributed by atoms with Gasteiger partial charge in [0.15, 0.2) is 0 Å². The summed E-state index contributed by atoms with van der Waals surface area (Å²) in [4.78, 5) is 13.8. The third-order valence-corrected chi connectivity index (χ3v) is 3.20. The van der Waals surface area contributed by atoms with Gasteiger partial charge in [0.2, 0.25) is 5.91 Å². The number of aliphatic hydroxyl groups is 1. The van der Waals surface area contributed by atoms with E-state index in [1.54, 1.807) is 17.1 Å². The zero-order chi connectivity index (χ0) is 12.1. The van der Waals surface area contributed by atoms with Gasteiger partial charge in [0, 0.05) is 32.3 Å². The summed E-state index contributed by atoms with van der Waals surface area (Å²) in [5.74, 6) is 0.635. The molecule has 0 saturated carbocycles. The average Bonchev–Trinajstić information content (AvgIpc) is 2.97. The molecule has 2 heterocycles. The first kappa shape index (κ1) is 12.0. The van der Waals surface area contributed by atoms with E-state index in [2.05, 4.69) is 10.3 Å². The van der Waals surface area contributed by atoms with E-state index < -0.39 is 0 Å². The summed E-state index contributed by atoms with van der Waals surface area (Å²) < 4.78 is 1.67. The quantitative estimate of drug-likeness (QED) is 0.777. The number of hydrogen-bond acceptors (Lipinski definition) is 4. The first-order valence-corrected chi connectivity index (χ1v) is 6.02. The van der Waals surface area contributed by atoms with Crippen LogP contribution in [0.3, 0.4) is 0 Å². The molecule has 1 aromatic heterocycles. The second-order valence-corrected chi connectivity index (χ2v) is 4.42. The average molecular weight is 238 g/mol. The van der Waals surface area contributed by atoms with Gasteiger partial charge in [-0.25, -0.2) is 0 Å². The molecule has 1 amide bonds. The van der Waals surface area contributed by atoms with Crippen molar-refractivity contribution in [2.24, 2.45) is 5.92 Å². The predicted molar refractivity (Wildman–Crippen MR) is 61.0 cm³/mol. The van der Waals surface area contributed by atoms with Gasteiger partial charge in [0.05, 0.1) is 12.7 Å². The molecule has 1 atom stereocenters. The molecule has 1 fully saturated rings. The van der Waals surface area contributed by atoms with Crippen LogP contribution in [0.4, 0.5) is 0 Å². The molecule has 17 heavy (non-hydrogen) atoms. The molecular weight excluding hydrogens is 220 g/mol. The van der Waals surface area contributed by atoms with Crippen LogP contribution in [-0.2, 0) is 11.3 Å². The van der Waals surface area contributed by atoms with Crippen molar-refractivity contribution in [3.8, 4) is 0 Å². The zero-order valence-corrected chi connectivity index (χ0v) is 9.83. The number of rotatable bonds is 5. The highest BCUT2D eigenvalue weighted by atomic mass is 16.3. The monoisotopic (exact) mass is 238 g/mol. The number of carbonyl (C=O) groups is 1. The summed E-state index contributed by atoms with van der Waals surface area (Å²) in [7, 11) is 0. The summed E-state index contributed by atoms with van der Waals surface area (Å²) in [5, 5.41) is 16.4. The maximum Gasteiger partial charge on any atom is 0.224 e. The fourth-order valence-corrected chi connectivity index (χ4v) is 2.20. The van der Waals surface area contributed by atoms with E-state index >= 15 is 0 Å². The van der Waals surface area contributed by atoms with Crippen LogP contribution < -0.4 is 0 Å². The second-order valence-electron chi connectivity index (χ2n) is 4.42. The number of aromatic nitrogens is 3. The van der Waals surface area contributed by atoms with E-state index in [0.29, 0.717) is 18.9 Å². The molecule has 6 nitrogen and oxygen atoms in total. The van der Waals surface area contributed by atoms with Gasteiger partial charge < -0.3 is 10.0 Å². The molecule has 1 unspecified atom stereocenters. The summed E-state index contributed by atoms with van der Waals surface area (Å²) in [5.41, 5.74) is 0. The van der Waals surface area contributed by atoms with Gasteiger partial charge in [0.1, 0.15) is 0 Å². The van der Waals surface area contributed by atoms with E-state index in [4.69, 9.17) is 5.11 Å². The fourth-order valence-electron chi connectivity index (χ4n) is 2.20. The Balaban J connectivity index is 1.73. The Bertz CT molecular complexity index is 352. The topological polar surface area (TPSA) is 71.2 Å². The van der Waals surface area contributed by atoms with E-state index in [9.17, 15) is 4.79 Å². The lowest BCUT2D eigenvalue weighted by atomic mass is 10.1. The summed E-state index contributed by atoms with van der Waals surface area (Å²) in [6, 6.07) is 0. The van der Waals surface area contributed by atoms with Crippen molar-refractivity contribution in [2.75, 3.05) is 19.7 Å². The molecule has 0 bridgehead atoms. The van der Waals surface area contributed by atoms with Crippen LogP contribution in [0.2, 0.25) is 0 Å². The second kappa shape index (κ2) is 5.77. The largest absolute Gasteiger partial charge is 0.396 e. The predicted octanol–water partition coefficient (Wildman–Crippen LogP) is -0.101. The van der Waals surface area contributed by atoms with Crippen LogP contribution in [0.5, 0.6) is 0 Å². The molecule has 0 spiro atoms. The molecule has 1 aromatic rings. The Kier molecular flexibility index (Phi) is 4.08. The molecule has 0 aromatic carbocycles. The minimum absolute atomic E-state index is 0.168. The lowest BCUT2D eigenvalue weighted by Gasteiger charge is -2.16. The van der Waals surface area contributed by atoms with Crippen molar-refractivity contribution >= 4 is 5.91 Å². The van der Waals surface area contributed by atoms with Gasteiger partial charge in [0.25, 0.3) is 0 Å². The molecule has 0 aliphatic carbocycles. The minimum Gasteiger partial charge on any atom is -0.396 e. The number of nitrogens with zero attached hydrogens (tertiary/aromatic N) is 4. The highest BCUT2D eigenvalue weighted by molar-refractivity contribution is 5.76. The van der Waals surface area contributed by atoms with Crippen LogP contribution in [0.1, 0.15) is 19.3 Å². The lowest BCUT2D eigenvalue weighted by molar-refractivity contribution is -0.130. The smallest absolute Gasteiger partial charge is 0.224 e. The van der Waals surface area contributed by atoms with Crippen molar-refractivity contribution < 1.29 is 9.90 Å².